The lowest BCUT2D eigenvalue weighted by Crippen LogP contribution is -2.26. The fraction of sp³-hybridized carbons (Fsp3) is 0.636. The van der Waals surface area contributed by atoms with Crippen molar-refractivity contribution in [1.29, 1.82) is 0 Å². The van der Waals surface area contributed by atoms with E-state index in [1.165, 1.54) is 7.11 Å². The summed E-state index contributed by atoms with van der Waals surface area (Å²) in [6.45, 7) is 1.71. The molecule has 0 unspecified atom stereocenters. The van der Waals surface area contributed by atoms with Gasteiger partial charge in [-0.1, -0.05) is 0 Å². The number of methoxy groups -OCH3 is 1. The van der Waals surface area contributed by atoms with Gasteiger partial charge in [0.2, 0.25) is 0 Å². The molecule has 0 saturated heterocycles. The van der Waals surface area contributed by atoms with Crippen LogP contribution in [0, 0.1) is 0 Å². The summed E-state index contributed by atoms with van der Waals surface area (Å²) in [7, 11) is 1.35. The van der Waals surface area contributed by atoms with Crippen molar-refractivity contribution in [2.45, 2.75) is 32.6 Å². The first kappa shape index (κ1) is 11.8. The molecule has 0 spiro atoms. The number of hydrogen-bond acceptors (Lipinski definition) is 4. The maximum Gasteiger partial charge on any atom is 0.325 e. The highest BCUT2D eigenvalue weighted by atomic mass is 16.5. The Balaban J connectivity index is 2.62. The Labute approximate surface area is 89.7 Å². The third-order valence-corrected chi connectivity index (χ3v) is 2.57. The second-order valence-electron chi connectivity index (χ2n) is 3.65. The topological polar surface area (TPSA) is 55.4 Å². The Morgan fingerprint density at radius 1 is 1.33 bits per heavy atom. The number of ketones is 1. The van der Waals surface area contributed by atoms with Crippen LogP contribution in [0.3, 0.4) is 0 Å². The maximum atomic E-state index is 11.3. The molecule has 0 bridgehead atoms. The van der Waals surface area contributed by atoms with E-state index < -0.39 is 0 Å². The van der Waals surface area contributed by atoms with E-state index in [-0.39, 0.29) is 18.3 Å². The zero-order chi connectivity index (χ0) is 11.3. The van der Waals surface area contributed by atoms with E-state index in [1.54, 1.807) is 6.92 Å². The van der Waals surface area contributed by atoms with Gasteiger partial charge in [-0.2, -0.15) is 0 Å². The molecule has 15 heavy (non-hydrogen) atoms. The van der Waals surface area contributed by atoms with Gasteiger partial charge in [0, 0.05) is 11.3 Å². The van der Waals surface area contributed by atoms with Gasteiger partial charge in [0.1, 0.15) is 6.54 Å². The molecule has 0 aromatic rings. The lowest BCUT2D eigenvalue weighted by Gasteiger charge is -2.19. The van der Waals surface area contributed by atoms with Crippen molar-refractivity contribution in [2.75, 3.05) is 13.7 Å². The standard InChI is InChI=1S/C11H17NO3/c1-8(13)9-5-3-4-6-10(9)12-7-11(14)15-2/h12H,3-7H2,1-2H3. The number of carbonyl (C=O) groups excluding carboxylic acids is 2. The molecule has 1 aliphatic carbocycles. The van der Waals surface area contributed by atoms with Gasteiger partial charge in [-0.3, -0.25) is 9.59 Å². The number of Topliss-reactive ketones (excluding diaryl/α,β-unsaturated/α-hetero) is 1. The summed E-state index contributed by atoms with van der Waals surface area (Å²) >= 11 is 0. The second-order valence-corrected chi connectivity index (χ2v) is 3.65. The molecule has 0 atom stereocenters. The lowest BCUT2D eigenvalue weighted by atomic mass is 9.94. The molecule has 0 aliphatic heterocycles. The molecule has 0 fully saturated rings. The van der Waals surface area contributed by atoms with Gasteiger partial charge in [-0.25, -0.2) is 0 Å². The summed E-state index contributed by atoms with van der Waals surface area (Å²) in [5.74, 6) is -0.210. The Morgan fingerprint density at radius 3 is 2.60 bits per heavy atom. The minimum Gasteiger partial charge on any atom is -0.468 e. The fourth-order valence-corrected chi connectivity index (χ4v) is 1.74. The van der Waals surface area contributed by atoms with Crippen LogP contribution in [0.15, 0.2) is 11.3 Å². The van der Waals surface area contributed by atoms with Crippen LogP contribution < -0.4 is 5.32 Å². The SMILES string of the molecule is COC(=O)CNC1=C(C(C)=O)CCCC1. The Morgan fingerprint density at radius 2 is 2.00 bits per heavy atom. The van der Waals surface area contributed by atoms with E-state index in [4.69, 9.17) is 0 Å². The lowest BCUT2D eigenvalue weighted by molar-refractivity contribution is -0.139. The second kappa shape index (κ2) is 5.53. The smallest absolute Gasteiger partial charge is 0.325 e. The van der Waals surface area contributed by atoms with E-state index in [1.807, 2.05) is 0 Å². The molecule has 0 heterocycles. The van der Waals surface area contributed by atoms with Crippen molar-refractivity contribution in [3.63, 3.8) is 0 Å². The van der Waals surface area contributed by atoms with Gasteiger partial charge >= 0.3 is 5.97 Å². The molecule has 0 aromatic heterocycles. The van der Waals surface area contributed by atoms with Crippen molar-refractivity contribution in [1.82, 2.24) is 5.32 Å². The van der Waals surface area contributed by atoms with Crippen LogP contribution in [0.4, 0.5) is 0 Å². The van der Waals surface area contributed by atoms with E-state index in [0.29, 0.717) is 0 Å². The average molecular weight is 211 g/mol. The molecule has 4 nitrogen and oxygen atoms in total. The monoisotopic (exact) mass is 211 g/mol. The van der Waals surface area contributed by atoms with Crippen molar-refractivity contribution in [3.05, 3.63) is 11.3 Å². The van der Waals surface area contributed by atoms with Gasteiger partial charge in [0.15, 0.2) is 5.78 Å². The number of allylic oxidation sites excluding steroid dienone is 2. The summed E-state index contributed by atoms with van der Waals surface area (Å²) in [6.07, 6.45) is 3.79. The van der Waals surface area contributed by atoms with Gasteiger partial charge in [-0.05, 0) is 32.6 Å². The van der Waals surface area contributed by atoms with Crippen molar-refractivity contribution >= 4 is 11.8 Å². The molecule has 4 heteroatoms. The maximum absolute atomic E-state index is 11.3. The molecule has 0 aromatic carbocycles. The first-order valence-electron chi connectivity index (χ1n) is 5.18. The van der Waals surface area contributed by atoms with Crippen LogP contribution >= 0.6 is 0 Å². The normalized spacial score (nSPS) is 16.1. The zero-order valence-corrected chi connectivity index (χ0v) is 9.26. The number of esters is 1. The average Bonchev–Trinajstić information content (AvgIpc) is 2.26. The first-order chi connectivity index (χ1) is 7.15. The quantitative estimate of drug-likeness (QED) is 0.709. The van der Waals surface area contributed by atoms with Crippen molar-refractivity contribution in [2.24, 2.45) is 0 Å². The number of nitrogens with one attached hydrogen (secondary N) is 1. The van der Waals surface area contributed by atoms with Crippen LogP contribution in [0.1, 0.15) is 32.6 Å². The summed E-state index contributed by atoms with van der Waals surface area (Å²) in [6, 6.07) is 0. The molecule has 1 N–H and O–H groups in total. The van der Waals surface area contributed by atoms with Gasteiger partial charge < -0.3 is 10.1 Å². The third kappa shape index (κ3) is 3.38. The summed E-state index contributed by atoms with van der Waals surface area (Å²) < 4.78 is 4.53. The first-order valence-corrected chi connectivity index (χ1v) is 5.18. The fourth-order valence-electron chi connectivity index (χ4n) is 1.74. The van der Waals surface area contributed by atoms with Crippen LogP contribution in [-0.4, -0.2) is 25.4 Å². The molecule has 84 valence electrons. The molecule has 1 rings (SSSR count). The Bertz CT molecular complexity index is 294. The van der Waals surface area contributed by atoms with Gasteiger partial charge in [0.25, 0.3) is 0 Å². The largest absolute Gasteiger partial charge is 0.468 e. The molecular formula is C11H17NO3. The molecule has 0 radical (unpaired) electrons. The van der Waals surface area contributed by atoms with Crippen molar-refractivity contribution < 1.29 is 14.3 Å². The van der Waals surface area contributed by atoms with Crippen LogP contribution in [0.2, 0.25) is 0 Å². The van der Waals surface area contributed by atoms with Crippen LogP contribution in [-0.2, 0) is 14.3 Å². The van der Waals surface area contributed by atoms with E-state index in [9.17, 15) is 9.59 Å². The minimum atomic E-state index is -0.309. The highest BCUT2D eigenvalue weighted by Gasteiger charge is 2.16. The summed E-state index contributed by atoms with van der Waals surface area (Å²) in [5, 5.41) is 2.99. The van der Waals surface area contributed by atoms with Crippen LogP contribution in [0.25, 0.3) is 0 Å². The van der Waals surface area contributed by atoms with E-state index >= 15 is 0 Å². The number of carbonyl (C=O) groups is 2. The zero-order valence-electron chi connectivity index (χ0n) is 9.26. The number of ether oxygens (including phenoxy) is 1. The molecule has 1 aliphatic rings. The van der Waals surface area contributed by atoms with Crippen LogP contribution in [0.5, 0.6) is 0 Å². The Kier molecular flexibility index (Phi) is 4.34. The third-order valence-electron chi connectivity index (χ3n) is 2.57. The number of hydrogen-bond donors (Lipinski definition) is 1. The minimum absolute atomic E-state index is 0.0991. The number of rotatable bonds is 4. The summed E-state index contributed by atoms with van der Waals surface area (Å²) in [5.41, 5.74) is 1.75. The Hall–Kier alpha value is -1.32. The molecular weight excluding hydrogens is 194 g/mol. The van der Waals surface area contributed by atoms with E-state index in [2.05, 4.69) is 10.1 Å². The van der Waals surface area contributed by atoms with Crippen molar-refractivity contribution in [3.8, 4) is 0 Å². The highest BCUT2D eigenvalue weighted by molar-refractivity contribution is 5.94. The molecule has 0 saturated carbocycles. The molecule has 0 amide bonds. The van der Waals surface area contributed by atoms with Gasteiger partial charge in [0.05, 0.1) is 7.11 Å². The van der Waals surface area contributed by atoms with E-state index in [0.717, 1.165) is 37.0 Å². The van der Waals surface area contributed by atoms with Gasteiger partial charge in [-0.15, -0.1) is 0 Å². The predicted octanol–water partition coefficient (Wildman–Crippen LogP) is 1.17. The summed E-state index contributed by atoms with van der Waals surface area (Å²) in [4.78, 5) is 22.2. The predicted molar refractivity (Wildman–Crippen MR) is 56.2 cm³/mol. The highest BCUT2D eigenvalue weighted by Crippen LogP contribution is 2.23.